The van der Waals surface area contributed by atoms with Crippen LogP contribution in [0.1, 0.15) is 13.3 Å². The summed E-state index contributed by atoms with van der Waals surface area (Å²) in [5.74, 6) is -1.96. The predicted molar refractivity (Wildman–Crippen MR) is 47.8 cm³/mol. The maximum absolute atomic E-state index is 10.9. The van der Waals surface area contributed by atoms with Crippen molar-refractivity contribution >= 4 is 19.2 Å². The van der Waals surface area contributed by atoms with Crippen LogP contribution in [0.2, 0.25) is 0 Å². The van der Waals surface area contributed by atoms with Gasteiger partial charge in [0.25, 0.3) is 0 Å². The van der Waals surface area contributed by atoms with Crippen molar-refractivity contribution in [1.82, 2.24) is 5.32 Å². The molecular formula is C7H13NNaO5P. The molecule has 0 fully saturated rings. The fourth-order valence-corrected chi connectivity index (χ4v) is 1.60. The summed E-state index contributed by atoms with van der Waals surface area (Å²) in [6, 6.07) is -1.20. The predicted octanol–water partition coefficient (Wildman–Crippen LogP) is -4.46. The number of rotatable bonds is 5. The fourth-order valence-electron chi connectivity index (χ4n) is 0.863. The molecule has 15 heavy (non-hydrogen) atoms. The van der Waals surface area contributed by atoms with Crippen LogP contribution in [0.5, 0.6) is 0 Å². The van der Waals surface area contributed by atoms with E-state index in [1.54, 1.807) is 0 Å². The van der Waals surface area contributed by atoms with Gasteiger partial charge in [0.15, 0.2) is 7.37 Å². The molecule has 0 saturated carbocycles. The van der Waals surface area contributed by atoms with Crippen molar-refractivity contribution in [1.29, 1.82) is 0 Å². The molecule has 6 nitrogen and oxygen atoms in total. The van der Waals surface area contributed by atoms with Crippen molar-refractivity contribution in [2.24, 2.45) is 0 Å². The standard InChI is InChI=1S/C7H14NO5P.Na/c1-5(9)8-6(7(10)11)3-4-14(2,12)13;/h6H,3-4H2,1-2H3,(H,8,9)(H,10,11)(H,12,13);/q;+1/p-1. The number of aliphatic carboxylic acids is 1. The maximum Gasteiger partial charge on any atom is 1.00 e. The first-order chi connectivity index (χ1) is 6.22. The van der Waals surface area contributed by atoms with Gasteiger partial charge in [0.05, 0.1) is 12.0 Å². The van der Waals surface area contributed by atoms with Crippen LogP contribution in [0.3, 0.4) is 0 Å². The number of hydrogen-bond acceptors (Lipinski definition) is 4. The van der Waals surface area contributed by atoms with Gasteiger partial charge < -0.3 is 20.1 Å². The Kier molecular flexibility index (Phi) is 8.66. The van der Waals surface area contributed by atoms with Gasteiger partial charge in [-0.05, 0) is 6.42 Å². The Morgan fingerprint density at radius 3 is 2.27 bits per heavy atom. The van der Waals surface area contributed by atoms with Gasteiger partial charge in [-0.3, -0.25) is 9.36 Å². The van der Waals surface area contributed by atoms with Crippen LogP contribution in [0, 0.1) is 0 Å². The second-order valence-corrected chi connectivity index (χ2v) is 5.68. The molecule has 0 aromatic heterocycles. The minimum absolute atomic E-state index is 0. The molecule has 2 atom stereocenters. The minimum Gasteiger partial charge on any atom is -0.548 e. The second kappa shape index (κ2) is 7.41. The van der Waals surface area contributed by atoms with E-state index < -0.39 is 25.3 Å². The summed E-state index contributed by atoms with van der Waals surface area (Å²) >= 11 is 0. The van der Waals surface area contributed by atoms with Gasteiger partial charge >= 0.3 is 29.6 Å². The molecule has 0 aliphatic heterocycles. The molecule has 0 aliphatic carbocycles. The summed E-state index contributed by atoms with van der Waals surface area (Å²) < 4.78 is 10.9. The average molecular weight is 245 g/mol. The first-order valence-corrected chi connectivity index (χ1v) is 6.29. The van der Waals surface area contributed by atoms with Crippen molar-refractivity contribution < 1.29 is 53.7 Å². The zero-order valence-electron chi connectivity index (χ0n) is 9.02. The SMILES string of the molecule is CC(=O)NC(CCP(C)(=O)O)C(=O)[O-].[Na+]. The van der Waals surface area contributed by atoms with Gasteiger partial charge in [0.2, 0.25) is 5.91 Å². The molecule has 0 saturated heterocycles. The van der Waals surface area contributed by atoms with Crippen molar-refractivity contribution in [3.63, 3.8) is 0 Å². The third-order valence-corrected chi connectivity index (χ3v) is 2.58. The zero-order chi connectivity index (χ0) is 11.4. The zero-order valence-corrected chi connectivity index (χ0v) is 11.9. The Labute approximate surface area is 110 Å². The van der Waals surface area contributed by atoms with Crippen LogP contribution in [-0.2, 0) is 14.2 Å². The summed E-state index contributed by atoms with van der Waals surface area (Å²) in [6.07, 6.45) is -0.266. The Hall–Kier alpha value is 0.130. The van der Waals surface area contributed by atoms with Crippen LogP contribution >= 0.6 is 7.37 Å². The molecule has 0 rings (SSSR count). The summed E-state index contributed by atoms with van der Waals surface area (Å²) in [5.41, 5.74) is 0. The van der Waals surface area contributed by atoms with E-state index in [4.69, 9.17) is 4.89 Å². The van der Waals surface area contributed by atoms with Crippen molar-refractivity contribution in [2.75, 3.05) is 12.8 Å². The summed E-state index contributed by atoms with van der Waals surface area (Å²) in [7, 11) is -3.25. The fraction of sp³-hybridized carbons (Fsp3) is 0.714. The Morgan fingerprint density at radius 2 is 2.00 bits per heavy atom. The number of nitrogens with one attached hydrogen (secondary N) is 1. The van der Waals surface area contributed by atoms with Gasteiger partial charge in [-0.25, -0.2) is 0 Å². The molecule has 0 radical (unpaired) electrons. The monoisotopic (exact) mass is 245 g/mol. The maximum atomic E-state index is 10.9. The van der Waals surface area contributed by atoms with Gasteiger partial charge in [0, 0.05) is 19.8 Å². The Morgan fingerprint density at radius 1 is 1.53 bits per heavy atom. The van der Waals surface area contributed by atoms with E-state index in [2.05, 4.69) is 5.32 Å². The summed E-state index contributed by atoms with van der Waals surface area (Å²) in [5, 5.41) is 12.6. The van der Waals surface area contributed by atoms with E-state index in [0.29, 0.717) is 0 Å². The smallest absolute Gasteiger partial charge is 0.548 e. The molecule has 0 spiro atoms. The summed E-state index contributed by atoms with van der Waals surface area (Å²) in [6.45, 7) is 2.30. The first-order valence-electron chi connectivity index (χ1n) is 3.99. The molecule has 8 heteroatoms. The molecule has 0 bridgehead atoms. The van der Waals surface area contributed by atoms with Crippen molar-refractivity contribution in [3.05, 3.63) is 0 Å². The van der Waals surface area contributed by atoms with E-state index in [9.17, 15) is 19.3 Å². The average Bonchev–Trinajstić information content (AvgIpc) is 1.94. The topological polar surface area (TPSA) is 107 Å². The quantitative estimate of drug-likeness (QED) is 0.375. The van der Waals surface area contributed by atoms with Crippen molar-refractivity contribution in [2.45, 2.75) is 19.4 Å². The van der Waals surface area contributed by atoms with E-state index in [1.165, 1.54) is 6.92 Å². The van der Waals surface area contributed by atoms with Gasteiger partial charge in [-0.2, -0.15) is 0 Å². The van der Waals surface area contributed by atoms with Crippen molar-refractivity contribution in [3.8, 4) is 0 Å². The molecule has 0 aromatic carbocycles. The van der Waals surface area contributed by atoms with Crippen LogP contribution in [-0.4, -0.2) is 35.6 Å². The molecular weight excluding hydrogens is 232 g/mol. The number of amides is 1. The number of hydrogen-bond donors (Lipinski definition) is 2. The van der Waals surface area contributed by atoms with E-state index in [-0.39, 0.29) is 42.1 Å². The number of carboxylic acid groups (broad SMARTS) is 1. The van der Waals surface area contributed by atoms with Crippen LogP contribution < -0.4 is 40.0 Å². The number of carbonyl (C=O) groups excluding carboxylic acids is 2. The third kappa shape index (κ3) is 10.4. The van der Waals surface area contributed by atoms with Crippen LogP contribution in [0.15, 0.2) is 0 Å². The Bertz CT molecular complexity index is 277. The summed E-state index contributed by atoms with van der Waals surface area (Å²) in [4.78, 5) is 29.9. The molecule has 0 heterocycles. The van der Waals surface area contributed by atoms with E-state index in [1.807, 2.05) is 0 Å². The van der Waals surface area contributed by atoms with E-state index in [0.717, 1.165) is 6.66 Å². The molecule has 82 valence electrons. The largest absolute Gasteiger partial charge is 1.00 e. The Balaban J connectivity index is 0. The number of carboxylic acids is 1. The molecule has 2 N–H and O–H groups in total. The molecule has 0 aliphatic rings. The second-order valence-electron chi connectivity index (χ2n) is 3.14. The molecule has 1 amide bonds. The van der Waals surface area contributed by atoms with Gasteiger partial charge in [-0.15, -0.1) is 0 Å². The normalized spacial score (nSPS) is 15.7. The van der Waals surface area contributed by atoms with Gasteiger partial charge in [0.1, 0.15) is 0 Å². The number of carbonyl (C=O) groups is 2. The van der Waals surface area contributed by atoms with E-state index >= 15 is 0 Å². The van der Waals surface area contributed by atoms with Crippen LogP contribution in [0.25, 0.3) is 0 Å². The van der Waals surface area contributed by atoms with Crippen LogP contribution in [0.4, 0.5) is 0 Å². The van der Waals surface area contributed by atoms with Gasteiger partial charge in [-0.1, -0.05) is 0 Å². The molecule has 2 unspecified atom stereocenters. The molecule has 0 aromatic rings. The first kappa shape index (κ1) is 17.5. The minimum atomic E-state index is -3.25. The third-order valence-electron chi connectivity index (χ3n) is 1.49.